The second kappa shape index (κ2) is 3.87. The van der Waals surface area contributed by atoms with E-state index >= 15 is 0 Å². The molecule has 1 heterocycles. The molecule has 0 bridgehead atoms. The lowest BCUT2D eigenvalue weighted by Crippen LogP contribution is -2.02. The van der Waals surface area contributed by atoms with Gasteiger partial charge in [0.05, 0.1) is 0 Å². The van der Waals surface area contributed by atoms with Crippen LogP contribution in [-0.4, -0.2) is 9.55 Å². The minimum Gasteiger partial charge on any atom is -0.383 e. The van der Waals surface area contributed by atoms with E-state index in [1.165, 1.54) is 29.5 Å². The van der Waals surface area contributed by atoms with Gasteiger partial charge in [0.1, 0.15) is 17.3 Å². The SMILES string of the molecule is Cc1cccc(C)c1-c1nc(C)n(C2CC2)c1N. The molecule has 1 aromatic heterocycles. The van der Waals surface area contributed by atoms with Crippen molar-refractivity contribution in [2.45, 2.75) is 39.7 Å². The molecule has 2 N–H and O–H groups in total. The van der Waals surface area contributed by atoms with Crippen molar-refractivity contribution in [2.75, 3.05) is 5.73 Å². The summed E-state index contributed by atoms with van der Waals surface area (Å²) < 4.78 is 2.20. The third-order valence-electron chi connectivity index (χ3n) is 3.75. The topological polar surface area (TPSA) is 43.8 Å². The van der Waals surface area contributed by atoms with E-state index in [-0.39, 0.29) is 0 Å². The second-order valence-electron chi connectivity index (χ2n) is 5.26. The van der Waals surface area contributed by atoms with Crippen LogP contribution >= 0.6 is 0 Å². The monoisotopic (exact) mass is 241 g/mol. The number of hydrogen-bond donors (Lipinski definition) is 1. The van der Waals surface area contributed by atoms with Crippen LogP contribution < -0.4 is 5.73 Å². The average molecular weight is 241 g/mol. The second-order valence-corrected chi connectivity index (χ2v) is 5.26. The lowest BCUT2D eigenvalue weighted by molar-refractivity contribution is 0.720. The van der Waals surface area contributed by atoms with E-state index < -0.39 is 0 Å². The van der Waals surface area contributed by atoms with Crippen molar-refractivity contribution in [3.63, 3.8) is 0 Å². The zero-order valence-corrected chi connectivity index (χ0v) is 11.2. The molecule has 0 atom stereocenters. The normalized spacial score (nSPS) is 15.1. The van der Waals surface area contributed by atoms with Crippen LogP contribution in [0.25, 0.3) is 11.3 Å². The van der Waals surface area contributed by atoms with E-state index in [1.54, 1.807) is 0 Å². The fraction of sp³-hybridized carbons (Fsp3) is 0.400. The Hall–Kier alpha value is -1.77. The molecule has 0 unspecified atom stereocenters. The van der Waals surface area contributed by atoms with Crippen molar-refractivity contribution in [2.24, 2.45) is 0 Å². The van der Waals surface area contributed by atoms with E-state index in [0.717, 1.165) is 17.3 Å². The molecule has 94 valence electrons. The fourth-order valence-electron chi connectivity index (χ4n) is 2.73. The van der Waals surface area contributed by atoms with Gasteiger partial charge in [-0.25, -0.2) is 4.98 Å². The third-order valence-corrected chi connectivity index (χ3v) is 3.75. The molecule has 0 radical (unpaired) electrons. The number of aryl methyl sites for hydroxylation is 3. The lowest BCUT2D eigenvalue weighted by Gasteiger charge is -2.09. The molecule has 3 nitrogen and oxygen atoms in total. The van der Waals surface area contributed by atoms with Gasteiger partial charge in [-0.05, 0) is 44.7 Å². The molecule has 2 aromatic rings. The van der Waals surface area contributed by atoms with Gasteiger partial charge in [-0.2, -0.15) is 0 Å². The molecule has 1 aliphatic carbocycles. The van der Waals surface area contributed by atoms with E-state index in [9.17, 15) is 0 Å². The Morgan fingerprint density at radius 1 is 1.17 bits per heavy atom. The molecule has 1 fully saturated rings. The lowest BCUT2D eigenvalue weighted by atomic mass is 10.0. The number of anilines is 1. The van der Waals surface area contributed by atoms with Crippen LogP contribution in [0.15, 0.2) is 18.2 Å². The minimum absolute atomic E-state index is 0.579. The summed E-state index contributed by atoms with van der Waals surface area (Å²) in [7, 11) is 0. The highest BCUT2D eigenvalue weighted by molar-refractivity contribution is 5.76. The number of rotatable bonds is 2. The van der Waals surface area contributed by atoms with Crippen LogP contribution in [0.2, 0.25) is 0 Å². The van der Waals surface area contributed by atoms with Gasteiger partial charge < -0.3 is 10.3 Å². The first-order valence-corrected chi connectivity index (χ1v) is 6.50. The predicted molar refractivity (Wildman–Crippen MR) is 74.6 cm³/mol. The van der Waals surface area contributed by atoms with Gasteiger partial charge in [0.15, 0.2) is 0 Å². The Morgan fingerprint density at radius 3 is 2.33 bits per heavy atom. The first kappa shape index (κ1) is 11.3. The Balaban J connectivity index is 2.20. The molecule has 0 spiro atoms. The highest BCUT2D eigenvalue weighted by Gasteiger charge is 2.29. The maximum Gasteiger partial charge on any atom is 0.132 e. The Morgan fingerprint density at radius 2 is 1.78 bits per heavy atom. The first-order valence-electron chi connectivity index (χ1n) is 6.50. The predicted octanol–water partition coefficient (Wildman–Crippen LogP) is 3.39. The number of nitrogens with zero attached hydrogens (tertiary/aromatic N) is 2. The zero-order chi connectivity index (χ0) is 12.9. The van der Waals surface area contributed by atoms with Gasteiger partial charge in [-0.1, -0.05) is 18.2 Å². The zero-order valence-electron chi connectivity index (χ0n) is 11.2. The van der Waals surface area contributed by atoms with Crippen molar-refractivity contribution in [1.82, 2.24) is 9.55 Å². The number of nitrogens with two attached hydrogens (primary N) is 1. The highest BCUT2D eigenvalue weighted by Crippen LogP contribution is 2.41. The van der Waals surface area contributed by atoms with Crippen molar-refractivity contribution in [3.05, 3.63) is 35.2 Å². The Kier molecular flexibility index (Phi) is 2.44. The van der Waals surface area contributed by atoms with E-state index in [1.807, 2.05) is 6.92 Å². The summed E-state index contributed by atoms with van der Waals surface area (Å²) in [6, 6.07) is 6.89. The van der Waals surface area contributed by atoms with E-state index in [0.29, 0.717) is 6.04 Å². The quantitative estimate of drug-likeness (QED) is 0.875. The molecule has 1 aliphatic rings. The molecule has 1 saturated carbocycles. The van der Waals surface area contributed by atoms with E-state index in [2.05, 4.69) is 36.6 Å². The molecule has 0 aliphatic heterocycles. The first-order chi connectivity index (χ1) is 8.59. The van der Waals surface area contributed by atoms with E-state index in [4.69, 9.17) is 10.7 Å². The highest BCUT2D eigenvalue weighted by atomic mass is 15.2. The Labute approximate surface area is 108 Å². The van der Waals surface area contributed by atoms with Gasteiger partial charge in [-0.3, -0.25) is 0 Å². The molecular formula is C15H19N3. The minimum atomic E-state index is 0.579. The summed E-state index contributed by atoms with van der Waals surface area (Å²) in [6.07, 6.45) is 2.46. The summed E-state index contributed by atoms with van der Waals surface area (Å²) in [5, 5.41) is 0. The summed E-state index contributed by atoms with van der Waals surface area (Å²) >= 11 is 0. The van der Waals surface area contributed by atoms with Gasteiger partial charge in [-0.15, -0.1) is 0 Å². The van der Waals surface area contributed by atoms with Crippen molar-refractivity contribution in [3.8, 4) is 11.3 Å². The van der Waals surface area contributed by atoms with Crippen molar-refractivity contribution in [1.29, 1.82) is 0 Å². The molecule has 1 aromatic carbocycles. The van der Waals surface area contributed by atoms with Gasteiger partial charge in [0.25, 0.3) is 0 Å². The molecule has 3 rings (SSSR count). The number of nitrogen functional groups attached to an aromatic ring is 1. The molecular weight excluding hydrogens is 222 g/mol. The van der Waals surface area contributed by atoms with Crippen LogP contribution in [-0.2, 0) is 0 Å². The standard InChI is InChI=1S/C15H19N3/c1-9-5-4-6-10(2)13(9)14-15(16)18(11(3)17-14)12-7-8-12/h4-6,12H,7-8,16H2,1-3H3. The molecule has 3 heteroatoms. The average Bonchev–Trinajstić information content (AvgIpc) is 3.08. The van der Waals surface area contributed by atoms with Crippen molar-refractivity contribution >= 4 is 5.82 Å². The fourth-order valence-corrected chi connectivity index (χ4v) is 2.73. The van der Waals surface area contributed by atoms with Gasteiger partial charge >= 0.3 is 0 Å². The molecule has 0 amide bonds. The molecule has 0 saturated heterocycles. The largest absolute Gasteiger partial charge is 0.383 e. The number of hydrogen-bond acceptors (Lipinski definition) is 2. The summed E-state index contributed by atoms with van der Waals surface area (Å²) in [5.41, 5.74) is 10.9. The number of aromatic nitrogens is 2. The maximum absolute atomic E-state index is 6.32. The van der Waals surface area contributed by atoms with Crippen LogP contribution in [0.5, 0.6) is 0 Å². The van der Waals surface area contributed by atoms with Crippen LogP contribution in [0.4, 0.5) is 5.82 Å². The number of benzene rings is 1. The van der Waals surface area contributed by atoms with Crippen molar-refractivity contribution < 1.29 is 0 Å². The van der Waals surface area contributed by atoms with Gasteiger partial charge in [0, 0.05) is 11.6 Å². The van der Waals surface area contributed by atoms with Gasteiger partial charge in [0.2, 0.25) is 0 Å². The van der Waals surface area contributed by atoms with Crippen LogP contribution in [0.1, 0.15) is 35.8 Å². The number of imidazole rings is 1. The summed E-state index contributed by atoms with van der Waals surface area (Å²) in [6.45, 7) is 6.28. The maximum atomic E-state index is 6.32. The molecule has 18 heavy (non-hydrogen) atoms. The summed E-state index contributed by atoms with van der Waals surface area (Å²) in [4.78, 5) is 4.70. The Bertz CT molecular complexity index is 586. The summed E-state index contributed by atoms with van der Waals surface area (Å²) in [5.74, 6) is 1.86. The van der Waals surface area contributed by atoms with Crippen LogP contribution in [0, 0.1) is 20.8 Å². The smallest absolute Gasteiger partial charge is 0.132 e. The van der Waals surface area contributed by atoms with Crippen LogP contribution in [0.3, 0.4) is 0 Å². The third kappa shape index (κ3) is 1.62.